The third-order valence-corrected chi connectivity index (χ3v) is 5.00. The number of imidazole rings is 1. The number of benzene rings is 1. The second kappa shape index (κ2) is 7.86. The summed E-state index contributed by atoms with van der Waals surface area (Å²) in [5, 5.41) is 8.36. The monoisotopic (exact) mass is 376 g/mol. The van der Waals surface area contributed by atoms with Gasteiger partial charge in [-0.15, -0.1) is 17.5 Å². The van der Waals surface area contributed by atoms with Gasteiger partial charge < -0.3 is 9.88 Å². The molecule has 0 saturated carbocycles. The van der Waals surface area contributed by atoms with Crippen LogP contribution >= 0.6 is 12.4 Å². The number of hydrogen-bond acceptors (Lipinski definition) is 4. The zero-order valence-corrected chi connectivity index (χ0v) is 15.6. The average molecular weight is 377 g/mol. The van der Waals surface area contributed by atoms with E-state index in [9.17, 15) is 4.79 Å². The second-order valence-electron chi connectivity index (χ2n) is 6.68. The van der Waals surface area contributed by atoms with Crippen molar-refractivity contribution in [3.05, 3.63) is 42.0 Å². The molecular weight excluding hydrogens is 352 g/mol. The van der Waals surface area contributed by atoms with Crippen molar-refractivity contribution in [2.45, 2.75) is 32.2 Å². The fourth-order valence-corrected chi connectivity index (χ4v) is 3.57. The van der Waals surface area contributed by atoms with E-state index >= 15 is 0 Å². The maximum atomic E-state index is 12.7. The Morgan fingerprint density at radius 1 is 1.42 bits per heavy atom. The summed E-state index contributed by atoms with van der Waals surface area (Å²) >= 11 is 0. The molecule has 1 amide bonds. The van der Waals surface area contributed by atoms with Crippen molar-refractivity contribution in [2.75, 3.05) is 13.6 Å². The van der Waals surface area contributed by atoms with Gasteiger partial charge in [0.1, 0.15) is 5.52 Å². The first kappa shape index (κ1) is 18.4. The van der Waals surface area contributed by atoms with Crippen LogP contribution in [0, 0.1) is 5.92 Å². The van der Waals surface area contributed by atoms with E-state index in [-0.39, 0.29) is 25.7 Å². The molecule has 1 unspecified atom stereocenters. The Morgan fingerprint density at radius 3 is 3.15 bits per heavy atom. The molecule has 0 radical (unpaired) electrons. The normalized spacial score (nSPS) is 16.1. The lowest BCUT2D eigenvalue weighted by molar-refractivity contribution is -0.134. The molecule has 8 heteroatoms. The summed E-state index contributed by atoms with van der Waals surface area (Å²) in [6.45, 7) is 1.48. The molecule has 0 aliphatic heterocycles. The first-order valence-electron chi connectivity index (χ1n) is 8.76. The largest absolute Gasteiger partial charge is 0.348 e. The third-order valence-electron chi connectivity index (χ3n) is 5.00. The standard InChI is InChI=1S/C18H22N6O.ClH.H2/c1-23(18(25)13-7-8-14-16(11-13)20-12-19-14)9-4-10-24-17-6-3-2-5-15(17)21-22-24;;/h2-3,5-6,12-13H,4,7-11H2,1H3,(H,19,20);2*1H. The Kier molecular flexibility index (Phi) is 5.56. The summed E-state index contributed by atoms with van der Waals surface area (Å²) in [4.78, 5) is 22.0. The van der Waals surface area contributed by atoms with Crippen LogP contribution in [0.3, 0.4) is 0 Å². The van der Waals surface area contributed by atoms with Crippen LogP contribution in [0.2, 0.25) is 0 Å². The Hall–Kier alpha value is -2.41. The van der Waals surface area contributed by atoms with Crippen LogP contribution in [0.5, 0.6) is 0 Å². The minimum absolute atomic E-state index is 0. The van der Waals surface area contributed by atoms with E-state index in [1.165, 1.54) is 0 Å². The van der Waals surface area contributed by atoms with E-state index in [1.807, 2.05) is 40.9 Å². The van der Waals surface area contributed by atoms with Crippen molar-refractivity contribution in [1.29, 1.82) is 0 Å². The summed E-state index contributed by atoms with van der Waals surface area (Å²) in [7, 11) is 1.89. The van der Waals surface area contributed by atoms with Crippen LogP contribution in [0.15, 0.2) is 30.6 Å². The molecule has 1 aromatic carbocycles. The van der Waals surface area contributed by atoms with E-state index in [4.69, 9.17) is 0 Å². The first-order valence-corrected chi connectivity index (χ1v) is 8.76. The fraction of sp³-hybridized carbons (Fsp3) is 0.444. The van der Waals surface area contributed by atoms with Crippen LogP contribution in [-0.4, -0.2) is 49.4 Å². The number of aromatic nitrogens is 5. The van der Waals surface area contributed by atoms with Gasteiger partial charge in [0.05, 0.1) is 17.5 Å². The smallest absolute Gasteiger partial charge is 0.225 e. The molecule has 1 aliphatic carbocycles. The first-order chi connectivity index (χ1) is 12.2. The van der Waals surface area contributed by atoms with Gasteiger partial charge in [-0.1, -0.05) is 17.3 Å². The van der Waals surface area contributed by atoms with Gasteiger partial charge in [0, 0.05) is 39.6 Å². The number of para-hydroxylation sites is 1. The van der Waals surface area contributed by atoms with Crippen LogP contribution in [-0.2, 0) is 24.2 Å². The molecule has 1 N–H and O–H groups in total. The minimum atomic E-state index is 0. The lowest BCUT2D eigenvalue weighted by Gasteiger charge is -2.26. The van der Waals surface area contributed by atoms with E-state index in [1.54, 1.807) is 6.33 Å². The molecule has 26 heavy (non-hydrogen) atoms. The summed E-state index contributed by atoms with van der Waals surface area (Å²) in [6.07, 6.45) is 5.12. The number of nitrogens with zero attached hydrogens (tertiary/aromatic N) is 5. The van der Waals surface area contributed by atoms with Crippen molar-refractivity contribution >= 4 is 29.3 Å². The van der Waals surface area contributed by atoms with E-state index in [0.29, 0.717) is 0 Å². The number of carbonyl (C=O) groups excluding carboxylic acids is 1. The Morgan fingerprint density at radius 2 is 2.27 bits per heavy atom. The highest BCUT2D eigenvalue weighted by atomic mass is 35.5. The summed E-state index contributed by atoms with van der Waals surface area (Å²) in [5.41, 5.74) is 4.18. The number of hydrogen-bond donors (Lipinski definition) is 1. The predicted octanol–water partition coefficient (Wildman–Crippen LogP) is 2.48. The Labute approximate surface area is 159 Å². The second-order valence-corrected chi connectivity index (χ2v) is 6.68. The van der Waals surface area contributed by atoms with E-state index in [0.717, 1.165) is 61.2 Å². The number of aryl methyl sites for hydroxylation is 2. The number of rotatable bonds is 5. The van der Waals surface area contributed by atoms with E-state index < -0.39 is 0 Å². The Balaban J connectivity index is 0.00000131. The molecule has 0 bridgehead atoms. The summed E-state index contributed by atoms with van der Waals surface area (Å²) < 4.78 is 1.91. The molecule has 0 fully saturated rings. The molecule has 0 spiro atoms. The van der Waals surface area contributed by atoms with Crippen molar-refractivity contribution in [1.82, 2.24) is 29.9 Å². The molecule has 2 heterocycles. The molecule has 7 nitrogen and oxygen atoms in total. The van der Waals surface area contributed by atoms with Gasteiger partial charge >= 0.3 is 0 Å². The number of amides is 1. The molecule has 1 aliphatic rings. The number of carbonyl (C=O) groups is 1. The number of halogens is 1. The van der Waals surface area contributed by atoms with Crippen LogP contribution < -0.4 is 0 Å². The molecule has 3 aromatic rings. The highest BCUT2D eigenvalue weighted by Crippen LogP contribution is 2.24. The molecule has 2 aromatic heterocycles. The van der Waals surface area contributed by atoms with Gasteiger partial charge in [-0.3, -0.25) is 4.79 Å². The van der Waals surface area contributed by atoms with Gasteiger partial charge in [-0.2, -0.15) is 0 Å². The lowest BCUT2D eigenvalue weighted by Crippen LogP contribution is -2.36. The van der Waals surface area contributed by atoms with Gasteiger partial charge in [-0.25, -0.2) is 9.67 Å². The van der Waals surface area contributed by atoms with Crippen molar-refractivity contribution in [2.24, 2.45) is 5.92 Å². The highest BCUT2D eigenvalue weighted by Gasteiger charge is 2.28. The minimum Gasteiger partial charge on any atom is -0.348 e. The van der Waals surface area contributed by atoms with Crippen molar-refractivity contribution in [3.8, 4) is 0 Å². The summed E-state index contributed by atoms with van der Waals surface area (Å²) in [5.74, 6) is 0.286. The van der Waals surface area contributed by atoms with Gasteiger partial charge in [0.15, 0.2) is 0 Å². The number of aromatic amines is 1. The highest BCUT2D eigenvalue weighted by molar-refractivity contribution is 5.85. The Bertz CT molecular complexity index is 895. The quantitative estimate of drug-likeness (QED) is 0.741. The zero-order valence-electron chi connectivity index (χ0n) is 14.8. The van der Waals surface area contributed by atoms with E-state index in [2.05, 4.69) is 20.3 Å². The molecule has 1 atom stereocenters. The maximum absolute atomic E-state index is 12.7. The summed E-state index contributed by atoms with van der Waals surface area (Å²) in [6, 6.07) is 7.93. The maximum Gasteiger partial charge on any atom is 0.225 e. The molecule has 0 saturated heterocycles. The van der Waals surface area contributed by atoms with Gasteiger partial charge in [0.2, 0.25) is 5.91 Å². The molecule has 140 valence electrons. The zero-order chi connectivity index (χ0) is 17.2. The van der Waals surface area contributed by atoms with Crippen LogP contribution in [0.4, 0.5) is 0 Å². The molecule has 4 rings (SSSR count). The number of nitrogens with one attached hydrogen (secondary N) is 1. The average Bonchev–Trinajstić information content (AvgIpc) is 3.27. The van der Waals surface area contributed by atoms with Crippen molar-refractivity contribution in [3.63, 3.8) is 0 Å². The van der Waals surface area contributed by atoms with Crippen molar-refractivity contribution < 1.29 is 6.22 Å². The van der Waals surface area contributed by atoms with Gasteiger partial charge in [0.25, 0.3) is 0 Å². The van der Waals surface area contributed by atoms with Crippen LogP contribution in [0.1, 0.15) is 25.7 Å². The predicted molar refractivity (Wildman–Crippen MR) is 103 cm³/mol. The fourth-order valence-electron chi connectivity index (χ4n) is 3.57. The van der Waals surface area contributed by atoms with Crippen LogP contribution in [0.25, 0.3) is 11.0 Å². The number of H-pyrrole nitrogens is 1. The lowest BCUT2D eigenvalue weighted by atomic mass is 9.89. The SMILES string of the molecule is CN(CCCn1nnc2ccccc21)C(=O)C1CCc2nc[nH]c2C1.Cl.[HH]. The number of fused-ring (bicyclic) bond motifs is 2. The van der Waals surface area contributed by atoms with Gasteiger partial charge in [-0.05, 0) is 31.4 Å². The topological polar surface area (TPSA) is 79.7 Å². The third kappa shape index (κ3) is 3.58. The molecular formula is C18H25ClN6O.